The largest absolute Gasteiger partial charge is 0.465 e. The highest BCUT2D eigenvalue weighted by Crippen LogP contribution is 2.08. The van der Waals surface area contributed by atoms with Crippen molar-refractivity contribution in [3.05, 3.63) is 38.0 Å². The smallest absolute Gasteiger partial charge is 0.323 e. The first kappa shape index (κ1) is 14.6. The van der Waals surface area contributed by atoms with Gasteiger partial charge in [0.2, 0.25) is 0 Å². The summed E-state index contributed by atoms with van der Waals surface area (Å²) >= 11 is 0. The van der Waals surface area contributed by atoms with E-state index in [1.807, 2.05) is 4.90 Å². The Kier molecular flexibility index (Phi) is 8.17. The number of ether oxygens (including phenoxy) is 1. The van der Waals surface area contributed by atoms with E-state index in [4.69, 9.17) is 4.74 Å². The highest BCUT2D eigenvalue weighted by atomic mass is 16.5. The summed E-state index contributed by atoms with van der Waals surface area (Å²) in [5.74, 6) is -0.217. The molecule has 0 aromatic carbocycles. The van der Waals surface area contributed by atoms with E-state index in [2.05, 4.69) is 19.7 Å². The Balaban J connectivity index is 4.65. The van der Waals surface area contributed by atoms with Crippen molar-refractivity contribution >= 4 is 5.97 Å². The van der Waals surface area contributed by atoms with Gasteiger partial charge in [0, 0.05) is 13.1 Å². The number of esters is 1. The van der Waals surface area contributed by atoms with E-state index in [0.29, 0.717) is 26.1 Å². The van der Waals surface area contributed by atoms with Crippen LogP contribution in [0, 0.1) is 0 Å². The van der Waals surface area contributed by atoms with Gasteiger partial charge in [-0.05, 0) is 13.3 Å². The van der Waals surface area contributed by atoms with Gasteiger partial charge in [0.05, 0.1) is 6.61 Å². The summed E-state index contributed by atoms with van der Waals surface area (Å²) in [5, 5.41) is 0. The summed E-state index contributed by atoms with van der Waals surface area (Å²) in [7, 11) is 0. The quantitative estimate of drug-likeness (QED) is 0.443. The molecule has 16 heavy (non-hydrogen) atoms. The van der Waals surface area contributed by atoms with Crippen LogP contribution < -0.4 is 0 Å². The van der Waals surface area contributed by atoms with Crippen LogP contribution in [0.25, 0.3) is 0 Å². The molecule has 0 fully saturated rings. The maximum Gasteiger partial charge on any atom is 0.323 e. The minimum Gasteiger partial charge on any atom is -0.465 e. The number of hydrogen-bond donors (Lipinski definition) is 0. The molecule has 1 unspecified atom stereocenters. The maximum atomic E-state index is 11.7. The van der Waals surface area contributed by atoms with Gasteiger partial charge in [-0.3, -0.25) is 9.69 Å². The lowest BCUT2D eigenvalue weighted by molar-refractivity contribution is -0.149. The van der Waals surface area contributed by atoms with Crippen LogP contribution in [0.4, 0.5) is 0 Å². The average Bonchev–Trinajstić information content (AvgIpc) is 2.26. The van der Waals surface area contributed by atoms with Gasteiger partial charge in [0.15, 0.2) is 0 Å². The predicted octanol–water partition coefficient (Wildman–Crippen LogP) is 2.17. The molecule has 0 bridgehead atoms. The number of hydrogen-bond acceptors (Lipinski definition) is 3. The SMILES string of the molecule is C=CCC(C(=O)OCC)N(CC=C)CC=C. The molecule has 0 aliphatic carbocycles. The fraction of sp³-hybridized carbons (Fsp3) is 0.462. The van der Waals surface area contributed by atoms with E-state index < -0.39 is 0 Å². The minimum atomic E-state index is -0.298. The molecule has 0 radical (unpaired) electrons. The van der Waals surface area contributed by atoms with Gasteiger partial charge in [-0.2, -0.15) is 0 Å². The Bertz CT molecular complexity index is 238. The lowest BCUT2D eigenvalue weighted by Gasteiger charge is -2.27. The maximum absolute atomic E-state index is 11.7. The summed E-state index contributed by atoms with van der Waals surface area (Å²) in [5.41, 5.74) is 0. The molecule has 0 heterocycles. The van der Waals surface area contributed by atoms with Gasteiger partial charge in [0.25, 0.3) is 0 Å². The highest BCUT2D eigenvalue weighted by Gasteiger charge is 2.24. The molecule has 0 saturated heterocycles. The molecule has 0 amide bonds. The number of carbonyl (C=O) groups excluding carboxylic acids is 1. The number of carbonyl (C=O) groups is 1. The monoisotopic (exact) mass is 223 g/mol. The molecule has 90 valence electrons. The molecule has 0 N–H and O–H groups in total. The first-order valence-corrected chi connectivity index (χ1v) is 5.44. The second kappa shape index (κ2) is 8.92. The topological polar surface area (TPSA) is 29.5 Å². The van der Waals surface area contributed by atoms with Crippen LogP contribution in [0.1, 0.15) is 13.3 Å². The zero-order chi connectivity index (χ0) is 12.4. The first-order chi connectivity index (χ1) is 7.71. The minimum absolute atomic E-state index is 0.217. The van der Waals surface area contributed by atoms with Gasteiger partial charge < -0.3 is 4.74 Å². The Morgan fingerprint density at radius 3 is 2.19 bits per heavy atom. The lowest BCUT2D eigenvalue weighted by Crippen LogP contribution is -2.42. The molecule has 0 aliphatic rings. The van der Waals surface area contributed by atoms with Crippen molar-refractivity contribution in [2.75, 3.05) is 19.7 Å². The van der Waals surface area contributed by atoms with Crippen LogP contribution in [0.2, 0.25) is 0 Å². The highest BCUT2D eigenvalue weighted by molar-refractivity contribution is 5.76. The standard InChI is InChI=1S/C13H21NO2/c1-5-9-12(13(15)16-8-4)14(10-6-2)11-7-3/h5-7,12H,1-3,8-11H2,4H3. The normalized spacial score (nSPS) is 11.9. The molecular formula is C13H21NO2. The summed E-state index contributed by atoms with van der Waals surface area (Å²) in [6, 6.07) is -0.298. The third-order valence-corrected chi connectivity index (χ3v) is 2.12. The van der Waals surface area contributed by atoms with Crippen LogP contribution in [-0.4, -0.2) is 36.6 Å². The Hall–Kier alpha value is -1.35. The molecule has 0 aliphatic heterocycles. The van der Waals surface area contributed by atoms with Crippen molar-refractivity contribution in [3.63, 3.8) is 0 Å². The predicted molar refractivity (Wildman–Crippen MR) is 67.2 cm³/mol. The third-order valence-electron chi connectivity index (χ3n) is 2.12. The molecule has 3 heteroatoms. The van der Waals surface area contributed by atoms with E-state index in [-0.39, 0.29) is 12.0 Å². The van der Waals surface area contributed by atoms with Gasteiger partial charge in [-0.25, -0.2) is 0 Å². The molecule has 0 aromatic heterocycles. The first-order valence-electron chi connectivity index (χ1n) is 5.44. The van der Waals surface area contributed by atoms with Crippen molar-refractivity contribution in [1.29, 1.82) is 0 Å². The Morgan fingerprint density at radius 2 is 1.81 bits per heavy atom. The van der Waals surface area contributed by atoms with E-state index in [1.165, 1.54) is 0 Å². The summed E-state index contributed by atoms with van der Waals surface area (Å²) in [6.45, 7) is 14.5. The zero-order valence-electron chi connectivity index (χ0n) is 10.0. The fourth-order valence-corrected chi connectivity index (χ4v) is 1.45. The van der Waals surface area contributed by atoms with E-state index in [0.717, 1.165) is 0 Å². The molecule has 0 rings (SSSR count). The molecule has 3 nitrogen and oxygen atoms in total. The van der Waals surface area contributed by atoms with E-state index >= 15 is 0 Å². The van der Waals surface area contributed by atoms with Crippen LogP contribution in [0.15, 0.2) is 38.0 Å². The molecule has 0 saturated carbocycles. The van der Waals surface area contributed by atoms with Crippen molar-refractivity contribution in [3.8, 4) is 0 Å². The Morgan fingerprint density at radius 1 is 1.25 bits per heavy atom. The number of nitrogens with zero attached hydrogens (tertiary/aromatic N) is 1. The van der Waals surface area contributed by atoms with Crippen molar-refractivity contribution in [1.82, 2.24) is 4.90 Å². The molecule has 0 spiro atoms. The fourth-order valence-electron chi connectivity index (χ4n) is 1.45. The second-order valence-electron chi connectivity index (χ2n) is 3.32. The Labute approximate surface area is 98.1 Å². The summed E-state index contributed by atoms with van der Waals surface area (Å²) in [4.78, 5) is 13.7. The average molecular weight is 223 g/mol. The van der Waals surface area contributed by atoms with Gasteiger partial charge in [-0.1, -0.05) is 18.2 Å². The third kappa shape index (κ3) is 4.94. The second-order valence-corrected chi connectivity index (χ2v) is 3.32. The zero-order valence-corrected chi connectivity index (χ0v) is 10.0. The van der Waals surface area contributed by atoms with Crippen LogP contribution in [0.3, 0.4) is 0 Å². The van der Waals surface area contributed by atoms with E-state index in [1.54, 1.807) is 25.2 Å². The van der Waals surface area contributed by atoms with Gasteiger partial charge in [0.1, 0.15) is 6.04 Å². The van der Waals surface area contributed by atoms with Crippen molar-refractivity contribution in [2.24, 2.45) is 0 Å². The van der Waals surface area contributed by atoms with Crippen LogP contribution >= 0.6 is 0 Å². The van der Waals surface area contributed by atoms with Crippen LogP contribution in [0.5, 0.6) is 0 Å². The summed E-state index contributed by atoms with van der Waals surface area (Å²) in [6.07, 6.45) is 5.82. The molecule has 0 aromatic rings. The van der Waals surface area contributed by atoms with Gasteiger partial charge in [-0.15, -0.1) is 19.7 Å². The van der Waals surface area contributed by atoms with E-state index in [9.17, 15) is 4.79 Å². The molecular weight excluding hydrogens is 202 g/mol. The van der Waals surface area contributed by atoms with Crippen molar-refractivity contribution in [2.45, 2.75) is 19.4 Å². The lowest BCUT2D eigenvalue weighted by atomic mass is 10.1. The van der Waals surface area contributed by atoms with Crippen LogP contribution in [-0.2, 0) is 9.53 Å². The van der Waals surface area contributed by atoms with Crippen molar-refractivity contribution < 1.29 is 9.53 Å². The molecule has 1 atom stereocenters. The number of rotatable bonds is 9. The van der Waals surface area contributed by atoms with Gasteiger partial charge >= 0.3 is 5.97 Å². The summed E-state index contributed by atoms with van der Waals surface area (Å²) < 4.78 is 5.03.